The number of carbonyl (C=O) groups is 1. The Morgan fingerprint density at radius 3 is 2.69 bits per heavy atom. The molecule has 8 nitrogen and oxygen atoms in total. The van der Waals surface area contributed by atoms with E-state index in [4.69, 9.17) is 15.4 Å². The molecule has 0 spiro atoms. The van der Waals surface area contributed by atoms with Gasteiger partial charge in [-0.3, -0.25) is 4.79 Å². The molecule has 5 N–H and O–H groups in total. The molecule has 0 fully saturated rings. The highest BCUT2D eigenvalue weighted by molar-refractivity contribution is 7.87. The van der Waals surface area contributed by atoms with Crippen molar-refractivity contribution < 1.29 is 13.6 Å². The van der Waals surface area contributed by atoms with E-state index < -0.39 is 14.6 Å². The second-order valence-electron chi connectivity index (χ2n) is 2.13. The molecule has 0 aliphatic heterocycles. The first-order chi connectivity index (χ1) is 5.95. The summed E-state index contributed by atoms with van der Waals surface area (Å²) in [6.45, 7) is 0. The molecule has 1 rings (SSSR count). The highest BCUT2D eigenvalue weighted by Gasteiger charge is 2.02. The highest BCUT2D eigenvalue weighted by atomic mass is 32.2. The minimum absolute atomic E-state index is 0.169. The maximum atomic E-state index is 10.9. The van der Waals surface area contributed by atoms with Crippen LogP contribution in [0.2, 0.25) is 0 Å². The van der Waals surface area contributed by atoms with Gasteiger partial charge in [0.25, 0.3) is 0 Å². The summed E-state index contributed by atoms with van der Waals surface area (Å²) in [6.07, 6.45) is 1.38. The number of carbonyl (C=O) groups excluding carboxylic acids is 1. The van der Waals surface area contributed by atoms with Crippen molar-refractivity contribution in [3.63, 3.8) is 0 Å². The fourth-order valence-corrected chi connectivity index (χ4v) is 1.20. The molecule has 0 aliphatic rings. The molecule has 72 valence electrons. The third-order valence-electron chi connectivity index (χ3n) is 1.14. The summed E-state index contributed by atoms with van der Waals surface area (Å²) in [6, 6.07) is 0. The fourth-order valence-electron chi connectivity index (χ4n) is 0.652. The topological polar surface area (TPSA) is 137 Å². The van der Waals surface area contributed by atoms with Crippen LogP contribution in [-0.4, -0.2) is 30.2 Å². The Balaban J connectivity index is 3.66. The lowest BCUT2D eigenvalue weighted by atomic mass is 10.6. The second kappa shape index (κ2) is 3.12. The summed E-state index contributed by atoms with van der Waals surface area (Å²) in [7, 11) is -3.74. The van der Waals surface area contributed by atoms with Crippen molar-refractivity contribution >= 4 is 22.1 Å². The first-order valence-electron chi connectivity index (χ1n) is 2.99. The Morgan fingerprint density at radius 1 is 1.69 bits per heavy atom. The number of aromatic nitrogens is 3. The normalized spacial score (nSPS) is 14.9. The maximum absolute atomic E-state index is 10.9. The van der Waals surface area contributed by atoms with Crippen molar-refractivity contribution in [2.75, 3.05) is 5.73 Å². The standard InChI is InChI=1S/C4H7N5O3S/c5-3-1-9(2-10)8-7-4(3)13(6,11)12/h1-2H,5H2,(H3,6,11,12). The van der Waals surface area contributed by atoms with Crippen LogP contribution in [0.4, 0.5) is 5.69 Å². The molecule has 0 aromatic carbocycles. The van der Waals surface area contributed by atoms with Crippen molar-refractivity contribution in [1.29, 1.82) is 0 Å². The van der Waals surface area contributed by atoms with E-state index in [1.165, 1.54) is 0 Å². The molecule has 0 aliphatic carbocycles. The van der Waals surface area contributed by atoms with Gasteiger partial charge in [0, 0.05) is 0 Å². The van der Waals surface area contributed by atoms with Gasteiger partial charge in [0.2, 0.25) is 11.1 Å². The Hall–Kier alpha value is -1.45. The van der Waals surface area contributed by atoms with E-state index in [0.717, 1.165) is 10.9 Å². The number of hydrogen-bond donors (Lipinski definition) is 3. The van der Waals surface area contributed by atoms with E-state index in [-0.39, 0.29) is 5.69 Å². The number of nitrogen functional groups attached to an aromatic ring is 1. The molecule has 0 bridgehead atoms. The SMILES string of the molecule is Nc1cn(C=O)nnc1=S(N)(=O)O. The molecule has 0 saturated heterocycles. The molecule has 1 atom stereocenters. The van der Waals surface area contributed by atoms with Crippen LogP contribution in [0.5, 0.6) is 0 Å². The lowest BCUT2D eigenvalue weighted by Gasteiger charge is -1.98. The number of nitrogens with zero attached hydrogens (tertiary/aromatic N) is 3. The summed E-state index contributed by atoms with van der Waals surface area (Å²) in [4.78, 5) is 10.2. The van der Waals surface area contributed by atoms with Gasteiger partial charge in [0.15, 0.2) is 9.99 Å². The van der Waals surface area contributed by atoms with Gasteiger partial charge >= 0.3 is 0 Å². The van der Waals surface area contributed by atoms with Crippen LogP contribution in [0.15, 0.2) is 6.20 Å². The summed E-state index contributed by atoms with van der Waals surface area (Å²) in [5, 5.41) is 11.3. The molecule has 0 radical (unpaired) electrons. The first kappa shape index (κ1) is 9.64. The molecule has 9 heteroatoms. The zero-order valence-corrected chi connectivity index (χ0v) is 7.14. The predicted octanol–water partition coefficient (Wildman–Crippen LogP) is -1.94. The third-order valence-corrected chi connectivity index (χ3v) is 2.01. The second-order valence-corrected chi connectivity index (χ2v) is 3.66. The largest absolute Gasteiger partial charge is 0.395 e. The van der Waals surface area contributed by atoms with Crippen molar-refractivity contribution in [2.45, 2.75) is 0 Å². The lowest BCUT2D eigenvalue weighted by molar-refractivity contribution is 0.532. The van der Waals surface area contributed by atoms with E-state index in [9.17, 15) is 9.00 Å². The molecule has 0 saturated carbocycles. The number of anilines is 1. The zero-order chi connectivity index (χ0) is 10.1. The minimum atomic E-state index is -3.74. The average Bonchev–Trinajstić information content (AvgIpc) is 2.01. The van der Waals surface area contributed by atoms with Crippen LogP contribution in [0.1, 0.15) is 0 Å². The quantitative estimate of drug-likeness (QED) is 0.360. The highest BCUT2D eigenvalue weighted by Crippen LogP contribution is 1.98. The smallest absolute Gasteiger partial charge is 0.235 e. The molecular formula is C4H7N5O3S. The van der Waals surface area contributed by atoms with E-state index in [1.54, 1.807) is 0 Å². The first-order valence-corrected chi connectivity index (χ1v) is 4.57. The van der Waals surface area contributed by atoms with Gasteiger partial charge in [-0.15, -0.1) is 5.10 Å². The molecule has 1 unspecified atom stereocenters. The molecule has 13 heavy (non-hydrogen) atoms. The maximum Gasteiger partial charge on any atom is 0.235 e. The summed E-state index contributed by atoms with van der Waals surface area (Å²) in [5.41, 5.74) is 5.11. The van der Waals surface area contributed by atoms with Crippen molar-refractivity contribution in [1.82, 2.24) is 15.0 Å². The van der Waals surface area contributed by atoms with Gasteiger partial charge in [-0.1, -0.05) is 5.21 Å². The fraction of sp³-hybridized carbons (Fsp3) is 0. The van der Waals surface area contributed by atoms with E-state index in [2.05, 4.69) is 10.3 Å². The van der Waals surface area contributed by atoms with Gasteiger partial charge in [0.05, 0.1) is 11.9 Å². The number of nitrogens with two attached hydrogens (primary N) is 2. The van der Waals surface area contributed by atoms with E-state index in [1.807, 2.05) is 0 Å². The van der Waals surface area contributed by atoms with Crippen LogP contribution >= 0.6 is 0 Å². The predicted molar refractivity (Wildman–Crippen MR) is 44.8 cm³/mol. The number of hydrogen-bond acceptors (Lipinski definition) is 5. The molecule has 1 aromatic heterocycles. The van der Waals surface area contributed by atoms with Crippen molar-refractivity contribution in [3.05, 3.63) is 10.8 Å². The minimum Gasteiger partial charge on any atom is -0.395 e. The zero-order valence-electron chi connectivity index (χ0n) is 6.32. The average molecular weight is 205 g/mol. The molecule has 0 amide bonds. The lowest BCUT2D eigenvalue weighted by Crippen LogP contribution is -2.16. The van der Waals surface area contributed by atoms with Gasteiger partial charge in [0.1, 0.15) is 0 Å². The van der Waals surface area contributed by atoms with Crippen LogP contribution in [0.25, 0.3) is 0 Å². The van der Waals surface area contributed by atoms with E-state index in [0.29, 0.717) is 6.41 Å². The van der Waals surface area contributed by atoms with Crippen LogP contribution in [-0.2, 0) is 14.8 Å². The molecule has 1 heterocycles. The molecule has 1 aromatic rings. The van der Waals surface area contributed by atoms with Crippen molar-refractivity contribution in [3.8, 4) is 0 Å². The van der Waals surface area contributed by atoms with Gasteiger partial charge in [-0.25, -0.2) is 9.35 Å². The Morgan fingerprint density at radius 2 is 2.31 bits per heavy atom. The number of rotatable bonds is 1. The third kappa shape index (κ3) is 2.02. The van der Waals surface area contributed by atoms with Crippen molar-refractivity contribution in [2.24, 2.45) is 5.14 Å². The summed E-state index contributed by atoms with van der Waals surface area (Å²) in [5.74, 6) is 0. The molecular weight excluding hydrogens is 198 g/mol. The monoisotopic (exact) mass is 205 g/mol. The van der Waals surface area contributed by atoms with E-state index >= 15 is 0 Å². The van der Waals surface area contributed by atoms with Crippen LogP contribution in [0, 0.1) is 4.64 Å². The Kier molecular flexibility index (Phi) is 2.32. The van der Waals surface area contributed by atoms with Gasteiger partial charge in [-0.2, -0.15) is 4.68 Å². The van der Waals surface area contributed by atoms with Crippen LogP contribution < -0.4 is 10.9 Å². The van der Waals surface area contributed by atoms with Gasteiger partial charge in [-0.05, 0) is 0 Å². The summed E-state index contributed by atoms with van der Waals surface area (Å²) >= 11 is 0. The van der Waals surface area contributed by atoms with Crippen LogP contribution in [0.3, 0.4) is 0 Å². The Labute approximate surface area is 73.1 Å². The Bertz CT molecular complexity index is 477. The van der Waals surface area contributed by atoms with Gasteiger partial charge < -0.3 is 10.3 Å². The summed E-state index contributed by atoms with van der Waals surface area (Å²) < 4.78 is 20.0.